The van der Waals surface area contributed by atoms with E-state index in [0.717, 1.165) is 24.9 Å². The molecule has 2 amide bonds. The highest BCUT2D eigenvalue weighted by atomic mass is 35.5. The molecule has 2 aromatic rings. The predicted molar refractivity (Wildman–Crippen MR) is 115 cm³/mol. The van der Waals surface area contributed by atoms with Gasteiger partial charge in [-0.05, 0) is 73.4 Å². The molecular weight excluding hydrogens is 400 g/mol. The van der Waals surface area contributed by atoms with E-state index in [2.05, 4.69) is 12.2 Å². The fourth-order valence-corrected chi connectivity index (χ4v) is 5.69. The van der Waals surface area contributed by atoms with Crippen LogP contribution < -0.4 is 10.2 Å². The van der Waals surface area contributed by atoms with Crippen molar-refractivity contribution in [1.29, 1.82) is 0 Å². The zero-order valence-corrected chi connectivity index (χ0v) is 17.4. The van der Waals surface area contributed by atoms with Crippen LogP contribution in [0.15, 0.2) is 48.5 Å². The Morgan fingerprint density at radius 3 is 2.43 bits per heavy atom. The molecule has 0 aromatic heterocycles. The predicted octanol–water partition coefficient (Wildman–Crippen LogP) is 4.10. The molecule has 6 heteroatoms. The Labute approximate surface area is 180 Å². The number of amides is 2. The maximum absolute atomic E-state index is 12.6. The van der Waals surface area contributed by atoms with Crippen molar-refractivity contribution < 1.29 is 14.4 Å². The molecule has 30 heavy (non-hydrogen) atoms. The SMILES string of the molecule is CCC(NC(=O)c1ccc(Cl)cc1)[C@H]1[C@@H]2C[C@@H](N3C(=O)C(=O)c4ccccc43)C[C@@H]21. The van der Waals surface area contributed by atoms with Crippen LogP contribution in [-0.2, 0) is 4.79 Å². The average molecular weight is 423 g/mol. The maximum atomic E-state index is 12.6. The van der Waals surface area contributed by atoms with Gasteiger partial charge in [0.15, 0.2) is 0 Å². The van der Waals surface area contributed by atoms with E-state index in [0.29, 0.717) is 33.9 Å². The third-order valence-corrected chi connectivity index (χ3v) is 7.25. The third kappa shape index (κ3) is 3.03. The fourth-order valence-electron chi connectivity index (χ4n) is 5.57. The maximum Gasteiger partial charge on any atom is 0.299 e. The number of nitrogens with zero attached hydrogens (tertiary/aromatic N) is 1. The molecule has 2 aliphatic carbocycles. The van der Waals surface area contributed by atoms with E-state index < -0.39 is 11.7 Å². The van der Waals surface area contributed by atoms with E-state index in [9.17, 15) is 14.4 Å². The summed E-state index contributed by atoms with van der Waals surface area (Å²) in [5, 5.41) is 3.80. The lowest BCUT2D eigenvalue weighted by atomic mass is 9.98. The monoisotopic (exact) mass is 422 g/mol. The quantitative estimate of drug-likeness (QED) is 0.737. The van der Waals surface area contributed by atoms with Gasteiger partial charge in [0, 0.05) is 22.7 Å². The summed E-state index contributed by atoms with van der Waals surface area (Å²) in [6.45, 7) is 2.09. The molecule has 2 saturated carbocycles. The number of ketones is 1. The van der Waals surface area contributed by atoms with Gasteiger partial charge in [-0.2, -0.15) is 0 Å². The minimum absolute atomic E-state index is 0.0702. The Bertz CT molecular complexity index is 1020. The Morgan fingerprint density at radius 2 is 1.77 bits per heavy atom. The summed E-state index contributed by atoms with van der Waals surface area (Å²) >= 11 is 5.91. The standard InChI is InChI=1S/C24H23ClN2O3/c1-2-19(26-23(29)13-7-9-14(25)10-8-13)21-17-11-15(12-18(17)21)27-20-6-4-3-5-16(20)22(28)24(27)30/h3-10,15,17-19,21H,2,11-12H2,1H3,(H,26,29)/t15-,17-,18+,19?,21+. The van der Waals surface area contributed by atoms with Crippen LogP contribution in [-0.4, -0.2) is 29.7 Å². The lowest BCUT2D eigenvalue weighted by Crippen LogP contribution is -2.41. The Balaban J connectivity index is 1.25. The van der Waals surface area contributed by atoms with Gasteiger partial charge in [-0.1, -0.05) is 30.7 Å². The van der Waals surface area contributed by atoms with Crippen LogP contribution in [0.2, 0.25) is 5.02 Å². The number of fused-ring (bicyclic) bond motifs is 2. The second-order valence-corrected chi connectivity index (χ2v) is 8.98. The van der Waals surface area contributed by atoms with Crippen molar-refractivity contribution in [2.24, 2.45) is 17.8 Å². The Hall–Kier alpha value is -2.66. The van der Waals surface area contributed by atoms with Crippen molar-refractivity contribution in [3.63, 3.8) is 0 Å². The molecule has 0 radical (unpaired) electrons. The first-order valence-corrected chi connectivity index (χ1v) is 10.9. The largest absolute Gasteiger partial charge is 0.349 e. The van der Waals surface area contributed by atoms with Crippen LogP contribution in [0.1, 0.15) is 46.9 Å². The number of carbonyl (C=O) groups excluding carboxylic acids is 3. The third-order valence-electron chi connectivity index (χ3n) is 7.00. The minimum Gasteiger partial charge on any atom is -0.349 e. The molecular formula is C24H23ClN2O3. The smallest absolute Gasteiger partial charge is 0.299 e. The topological polar surface area (TPSA) is 66.5 Å². The van der Waals surface area contributed by atoms with E-state index in [1.807, 2.05) is 12.1 Å². The summed E-state index contributed by atoms with van der Waals surface area (Å²) in [5.41, 5.74) is 1.87. The number of para-hydroxylation sites is 1. The number of rotatable bonds is 5. The zero-order chi connectivity index (χ0) is 21.0. The highest BCUT2D eigenvalue weighted by Crippen LogP contribution is 2.61. The Morgan fingerprint density at radius 1 is 1.10 bits per heavy atom. The van der Waals surface area contributed by atoms with Gasteiger partial charge in [-0.3, -0.25) is 14.4 Å². The van der Waals surface area contributed by atoms with Crippen molar-refractivity contribution in [2.45, 2.75) is 38.3 Å². The van der Waals surface area contributed by atoms with E-state index in [1.54, 1.807) is 41.3 Å². The molecule has 2 aromatic carbocycles. The number of nitrogens with one attached hydrogen (secondary N) is 1. The molecule has 154 valence electrons. The second-order valence-electron chi connectivity index (χ2n) is 8.55. The number of anilines is 1. The van der Waals surface area contributed by atoms with Gasteiger partial charge in [0.2, 0.25) is 0 Å². The number of hydrogen-bond acceptors (Lipinski definition) is 3. The highest BCUT2D eigenvalue weighted by Gasteiger charge is 2.60. The lowest BCUT2D eigenvalue weighted by Gasteiger charge is -2.28. The summed E-state index contributed by atoms with van der Waals surface area (Å²) < 4.78 is 0. The van der Waals surface area contributed by atoms with Gasteiger partial charge in [-0.15, -0.1) is 0 Å². The molecule has 1 N–H and O–H groups in total. The van der Waals surface area contributed by atoms with Crippen molar-refractivity contribution in [3.05, 3.63) is 64.7 Å². The number of carbonyl (C=O) groups is 3. The Kier molecular flexibility index (Phi) is 4.66. The molecule has 5 rings (SSSR count). The molecule has 0 saturated heterocycles. The lowest BCUT2D eigenvalue weighted by molar-refractivity contribution is -0.114. The van der Waals surface area contributed by atoms with Crippen LogP contribution in [0.5, 0.6) is 0 Å². The van der Waals surface area contributed by atoms with Crippen LogP contribution in [0.4, 0.5) is 5.69 Å². The van der Waals surface area contributed by atoms with Crippen LogP contribution >= 0.6 is 11.6 Å². The molecule has 0 bridgehead atoms. The van der Waals surface area contributed by atoms with Crippen LogP contribution in [0, 0.1) is 17.8 Å². The van der Waals surface area contributed by atoms with E-state index in [-0.39, 0.29) is 18.0 Å². The molecule has 1 aliphatic heterocycles. The number of hydrogen-bond donors (Lipinski definition) is 1. The highest BCUT2D eigenvalue weighted by molar-refractivity contribution is 6.52. The fraction of sp³-hybridized carbons (Fsp3) is 0.375. The van der Waals surface area contributed by atoms with Crippen LogP contribution in [0.3, 0.4) is 0 Å². The zero-order valence-electron chi connectivity index (χ0n) is 16.7. The van der Waals surface area contributed by atoms with Crippen molar-refractivity contribution in [1.82, 2.24) is 5.32 Å². The van der Waals surface area contributed by atoms with Gasteiger partial charge < -0.3 is 10.2 Å². The summed E-state index contributed by atoms with van der Waals surface area (Å²) in [4.78, 5) is 39.2. The number of benzene rings is 2. The summed E-state index contributed by atoms with van der Waals surface area (Å²) in [7, 11) is 0. The molecule has 5 nitrogen and oxygen atoms in total. The van der Waals surface area contributed by atoms with Gasteiger partial charge in [0.25, 0.3) is 17.6 Å². The number of halogens is 1. The second kappa shape index (κ2) is 7.24. The van der Waals surface area contributed by atoms with Crippen molar-refractivity contribution in [2.75, 3.05) is 4.90 Å². The van der Waals surface area contributed by atoms with Crippen molar-refractivity contribution in [3.8, 4) is 0 Å². The van der Waals surface area contributed by atoms with Gasteiger partial charge >= 0.3 is 0 Å². The molecule has 1 heterocycles. The molecule has 5 atom stereocenters. The molecule has 0 spiro atoms. The van der Waals surface area contributed by atoms with Gasteiger partial charge in [0.05, 0.1) is 11.3 Å². The van der Waals surface area contributed by atoms with Gasteiger partial charge in [0.1, 0.15) is 0 Å². The average Bonchev–Trinajstić information content (AvgIpc) is 3.11. The molecule has 3 aliphatic rings. The van der Waals surface area contributed by atoms with Crippen molar-refractivity contribution >= 4 is 34.9 Å². The summed E-state index contributed by atoms with van der Waals surface area (Å²) in [6.07, 6.45) is 2.64. The van der Waals surface area contributed by atoms with E-state index in [4.69, 9.17) is 11.6 Å². The molecule has 1 unspecified atom stereocenters. The first kappa shape index (κ1) is 19.3. The minimum atomic E-state index is -0.401. The van der Waals surface area contributed by atoms with E-state index >= 15 is 0 Å². The van der Waals surface area contributed by atoms with Crippen LogP contribution in [0.25, 0.3) is 0 Å². The van der Waals surface area contributed by atoms with E-state index in [1.165, 1.54) is 0 Å². The number of Topliss-reactive ketones (excluding diaryl/α,β-unsaturated/α-hetero) is 1. The normalized spacial score (nSPS) is 27.6. The molecule has 2 fully saturated rings. The first-order chi connectivity index (χ1) is 14.5. The summed E-state index contributed by atoms with van der Waals surface area (Å²) in [5.74, 6) is 0.536. The van der Waals surface area contributed by atoms with Gasteiger partial charge in [-0.25, -0.2) is 0 Å². The summed E-state index contributed by atoms with van der Waals surface area (Å²) in [6, 6.07) is 14.4. The first-order valence-electron chi connectivity index (χ1n) is 10.5.